The largest absolute Gasteiger partial charge is 0.494 e. The minimum absolute atomic E-state index is 0.125. The van der Waals surface area contributed by atoms with Crippen molar-refractivity contribution in [3.63, 3.8) is 0 Å². The first-order chi connectivity index (χ1) is 14.6. The van der Waals surface area contributed by atoms with E-state index in [0.29, 0.717) is 18.0 Å². The predicted octanol–water partition coefficient (Wildman–Crippen LogP) is 3.46. The first-order valence-corrected chi connectivity index (χ1v) is 9.26. The molecule has 3 rings (SSSR count). The van der Waals surface area contributed by atoms with E-state index >= 15 is 0 Å². The van der Waals surface area contributed by atoms with Gasteiger partial charge in [-0.25, -0.2) is 5.43 Å². The second-order valence-corrected chi connectivity index (χ2v) is 6.04. The smallest absolute Gasteiger partial charge is 0.307 e. The first kappa shape index (κ1) is 20.7. The summed E-state index contributed by atoms with van der Waals surface area (Å²) >= 11 is 0. The highest BCUT2D eigenvalue weighted by Gasteiger charge is 2.06. The Kier molecular flexibility index (Phi) is 7.21. The molecule has 0 atom stereocenters. The summed E-state index contributed by atoms with van der Waals surface area (Å²) in [4.78, 5) is 23.7. The number of benzene rings is 2. The maximum absolute atomic E-state index is 12.0. The van der Waals surface area contributed by atoms with Crippen molar-refractivity contribution in [2.75, 3.05) is 18.5 Å². The number of hydrogen-bond acceptors (Lipinski definition) is 6. The van der Waals surface area contributed by atoms with Crippen LogP contribution in [0.4, 0.5) is 5.69 Å². The van der Waals surface area contributed by atoms with E-state index in [4.69, 9.17) is 13.9 Å². The molecule has 8 heteroatoms. The molecule has 1 heterocycles. The summed E-state index contributed by atoms with van der Waals surface area (Å²) in [7, 11) is 0. The molecular weight excluding hydrogens is 386 g/mol. The third kappa shape index (κ3) is 6.23. The summed E-state index contributed by atoms with van der Waals surface area (Å²) in [5.74, 6) is 0.754. The van der Waals surface area contributed by atoms with Crippen LogP contribution in [0.3, 0.4) is 0 Å². The van der Waals surface area contributed by atoms with Crippen LogP contribution in [0.5, 0.6) is 11.5 Å². The van der Waals surface area contributed by atoms with Crippen LogP contribution in [0.2, 0.25) is 0 Å². The Morgan fingerprint density at radius 1 is 1.00 bits per heavy atom. The lowest BCUT2D eigenvalue weighted by atomic mass is 10.2. The lowest BCUT2D eigenvalue weighted by Gasteiger charge is -2.08. The monoisotopic (exact) mass is 407 g/mol. The molecule has 3 aromatic rings. The zero-order valence-corrected chi connectivity index (χ0v) is 16.3. The molecule has 1 aromatic heterocycles. The van der Waals surface area contributed by atoms with E-state index in [0.717, 1.165) is 11.3 Å². The number of hydrazone groups is 1. The van der Waals surface area contributed by atoms with E-state index in [1.54, 1.807) is 60.7 Å². The molecule has 0 fully saturated rings. The summed E-state index contributed by atoms with van der Waals surface area (Å²) in [5, 5.41) is 6.62. The zero-order valence-electron chi connectivity index (χ0n) is 16.3. The van der Waals surface area contributed by atoms with Crippen LogP contribution in [0, 0.1) is 0 Å². The summed E-state index contributed by atoms with van der Waals surface area (Å²) in [6, 6.07) is 17.2. The molecule has 0 spiro atoms. The summed E-state index contributed by atoms with van der Waals surface area (Å²) in [6.45, 7) is 2.37. The van der Waals surface area contributed by atoms with E-state index in [1.807, 2.05) is 6.92 Å². The highest BCUT2D eigenvalue weighted by atomic mass is 16.5. The van der Waals surface area contributed by atoms with E-state index in [1.165, 1.54) is 12.5 Å². The molecule has 2 N–H and O–H groups in total. The number of nitrogens with zero attached hydrogens (tertiary/aromatic N) is 1. The van der Waals surface area contributed by atoms with Crippen molar-refractivity contribution >= 4 is 23.7 Å². The molecule has 0 radical (unpaired) electrons. The summed E-state index contributed by atoms with van der Waals surface area (Å²) in [6.07, 6.45) is 2.90. The third-order valence-corrected chi connectivity index (χ3v) is 3.82. The van der Waals surface area contributed by atoms with Gasteiger partial charge in [-0.05, 0) is 73.2 Å². The number of anilines is 1. The summed E-state index contributed by atoms with van der Waals surface area (Å²) in [5.41, 5.74) is 3.78. The Bertz CT molecular complexity index is 981. The molecule has 0 aliphatic carbocycles. The molecule has 2 amide bonds. The summed E-state index contributed by atoms with van der Waals surface area (Å²) < 4.78 is 15.8. The molecule has 30 heavy (non-hydrogen) atoms. The number of rotatable bonds is 9. The highest BCUT2D eigenvalue weighted by molar-refractivity contribution is 5.92. The van der Waals surface area contributed by atoms with Gasteiger partial charge in [0.25, 0.3) is 5.91 Å². The lowest BCUT2D eigenvalue weighted by molar-refractivity contribution is -0.118. The van der Waals surface area contributed by atoms with Crippen LogP contribution in [0.15, 0.2) is 76.4 Å². The average Bonchev–Trinajstić information content (AvgIpc) is 3.30. The van der Waals surface area contributed by atoms with Gasteiger partial charge in [-0.15, -0.1) is 0 Å². The van der Waals surface area contributed by atoms with Gasteiger partial charge in [0.15, 0.2) is 12.4 Å². The molecule has 0 aliphatic rings. The van der Waals surface area contributed by atoms with Gasteiger partial charge in [-0.1, -0.05) is 0 Å². The van der Waals surface area contributed by atoms with Crippen molar-refractivity contribution in [3.8, 4) is 11.5 Å². The quantitative estimate of drug-likeness (QED) is 0.418. The maximum Gasteiger partial charge on any atom is 0.307 e. The maximum atomic E-state index is 12.0. The van der Waals surface area contributed by atoms with Crippen molar-refractivity contribution in [2.45, 2.75) is 6.92 Å². The highest BCUT2D eigenvalue weighted by Crippen LogP contribution is 2.16. The van der Waals surface area contributed by atoms with Gasteiger partial charge in [0.2, 0.25) is 0 Å². The van der Waals surface area contributed by atoms with Crippen molar-refractivity contribution in [3.05, 3.63) is 78.3 Å². The van der Waals surface area contributed by atoms with Gasteiger partial charge >= 0.3 is 5.91 Å². The standard InChI is InChI=1S/C22H21N3O5/c1-2-28-18-11-7-17(8-12-18)24-21(26)15-30-19-9-5-16(6-10-19)14-23-25-22(27)20-4-3-13-29-20/h3-14H,2,15H2,1H3,(H,24,26)(H,25,27)/b23-14-. The number of hydrogen-bond donors (Lipinski definition) is 2. The van der Waals surface area contributed by atoms with Crippen molar-refractivity contribution in [1.29, 1.82) is 0 Å². The van der Waals surface area contributed by atoms with Gasteiger partial charge in [-0.3, -0.25) is 9.59 Å². The number of ether oxygens (including phenoxy) is 2. The van der Waals surface area contributed by atoms with Crippen molar-refractivity contribution < 1.29 is 23.5 Å². The minimum Gasteiger partial charge on any atom is -0.494 e. The topological polar surface area (TPSA) is 102 Å². The lowest BCUT2D eigenvalue weighted by Crippen LogP contribution is -2.20. The second-order valence-electron chi connectivity index (χ2n) is 6.04. The number of furan rings is 1. The van der Waals surface area contributed by atoms with Crippen LogP contribution in [0.1, 0.15) is 23.0 Å². The minimum atomic E-state index is -0.435. The van der Waals surface area contributed by atoms with Crippen molar-refractivity contribution in [2.24, 2.45) is 5.10 Å². The molecule has 8 nitrogen and oxygen atoms in total. The Morgan fingerprint density at radius 3 is 2.37 bits per heavy atom. The third-order valence-electron chi connectivity index (χ3n) is 3.82. The van der Waals surface area contributed by atoms with Gasteiger partial charge in [0.1, 0.15) is 11.5 Å². The second kappa shape index (κ2) is 10.5. The number of amides is 2. The van der Waals surface area contributed by atoms with Gasteiger partial charge in [-0.2, -0.15) is 5.10 Å². The van der Waals surface area contributed by atoms with Crippen LogP contribution < -0.4 is 20.2 Å². The molecule has 154 valence electrons. The Balaban J connectivity index is 1.43. The molecular formula is C22H21N3O5. The number of carbonyl (C=O) groups excluding carboxylic acids is 2. The Morgan fingerprint density at radius 2 is 1.70 bits per heavy atom. The first-order valence-electron chi connectivity index (χ1n) is 9.26. The predicted molar refractivity (Wildman–Crippen MR) is 112 cm³/mol. The van der Waals surface area contributed by atoms with Crippen LogP contribution in [0.25, 0.3) is 0 Å². The van der Waals surface area contributed by atoms with E-state index in [-0.39, 0.29) is 18.3 Å². The van der Waals surface area contributed by atoms with Crippen LogP contribution >= 0.6 is 0 Å². The molecule has 0 saturated heterocycles. The molecule has 0 bridgehead atoms. The average molecular weight is 407 g/mol. The molecule has 0 unspecified atom stereocenters. The fraction of sp³-hybridized carbons (Fsp3) is 0.136. The Labute approximate surface area is 173 Å². The van der Waals surface area contributed by atoms with Crippen molar-refractivity contribution in [1.82, 2.24) is 5.43 Å². The van der Waals surface area contributed by atoms with Crippen LogP contribution in [-0.4, -0.2) is 31.2 Å². The van der Waals surface area contributed by atoms with Gasteiger partial charge in [0, 0.05) is 5.69 Å². The SMILES string of the molecule is CCOc1ccc(NC(=O)COc2ccc(/C=N\NC(=O)c3ccco3)cc2)cc1. The fourth-order valence-corrected chi connectivity index (χ4v) is 2.43. The Hall–Kier alpha value is -4.07. The molecule has 2 aromatic carbocycles. The molecule has 0 aliphatic heterocycles. The van der Waals surface area contributed by atoms with Gasteiger partial charge < -0.3 is 19.2 Å². The zero-order chi connectivity index (χ0) is 21.2. The van der Waals surface area contributed by atoms with E-state index in [2.05, 4.69) is 15.8 Å². The number of nitrogens with one attached hydrogen (secondary N) is 2. The fourth-order valence-electron chi connectivity index (χ4n) is 2.43. The number of carbonyl (C=O) groups is 2. The van der Waals surface area contributed by atoms with E-state index < -0.39 is 5.91 Å². The van der Waals surface area contributed by atoms with Gasteiger partial charge in [0.05, 0.1) is 19.1 Å². The molecule has 0 saturated carbocycles. The normalized spacial score (nSPS) is 10.6. The van der Waals surface area contributed by atoms with E-state index in [9.17, 15) is 9.59 Å². The van der Waals surface area contributed by atoms with Crippen LogP contribution in [-0.2, 0) is 4.79 Å².